The number of carboxylic acid groups (broad SMARTS) is 2. The minimum atomic E-state index is -1.39. The van der Waals surface area contributed by atoms with Gasteiger partial charge in [0.25, 0.3) is 0 Å². The van der Waals surface area contributed by atoms with Crippen LogP contribution in [-0.4, -0.2) is 22.2 Å². The predicted octanol–water partition coefficient (Wildman–Crippen LogP) is 2.97. The summed E-state index contributed by atoms with van der Waals surface area (Å²) in [6.07, 6.45) is 0. The summed E-state index contributed by atoms with van der Waals surface area (Å²) >= 11 is 0. The maximum absolute atomic E-state index is 13.3. The van der Waals surface area contributed by atoms with Crippen molar-refractivity contribution in [3.8, 4) is 0 Å². The zero-order valence-corrected chi connectivity index (χ0v) is 10.1. The van der Waals surface area contributed by atoms with Crippen LogP contribution in [0, 0.1) is 5.82 Å². The van der Waals surface area contributed by atoms with Crippen molar-refractivity contribution in [1.29, 1.82) is 0 Å². The summed E-state index contributed by atoms with van der Waals surface area (Å²) in [6, 6.07) is 9.60. The Morgan fingerprint density at radius 1 is 0.950 bits per heavy atom. The molecule has 2 aromatic carbocycles. The summed E-state index contributed by atoms with van der Waals surface area (Å²) in [5.74, 6) is -3.36. The Balaban J connectivity index is 2.38. The number of benzene rings is 2. The van der Waals surface area contributed by atoms with Gasteiger partial charge in [-0.25, -0.2) is 14.0 Å². The minimum absolute atomic E-state index is 0.0358. The van der Waals surface area contributed by atoms with Crippen LogP contribution in [0.25, 0.3) is 0 Å². The zero-order valence-electron chi connectivity index (χ0n) is 10.1. The Kier molecular flexibility index (Phi) is 3.65. The van der Waals surface area contributed by atoms with Crippen molar-refractivity contribution >= 4 is 23.3 Å². The van der Waals surface area contributed by atoms with Crippen LogP contribution in [0.2, 0.25) is 0 Å². The third-order valence-corrected chi connectivity index (χ3v) is 2.63. The van der Waals surface area contributed by atoms with Crippen molar-refractivity contribution in [3.63, 3.8) is 0 Å². The molecule has 20 heavy (non-hydrogen) atoms. The highest BCUT2D eigenvalue weighted by Gasteiger charge is 2.13. The molecule has 0 fully saturated rings. The lowest BCUT2D eigenvalue weighted by Crippen LogP contribution is -2.04. The van der Waals surface area contributed by atoms with Gasteiger partial charge in [-0.15, -0.1) is 0 Å². The van der Waals surface area contributed by atoms with E-state index in [-0.39, 0.29) is 11.3 Å². The zero-order chi connectivity index (χ0) is 14.7. The number of anilines is 2. The van der Waals surface area contributed by atoms with E-state index in [4.69, 9.17) is 10.2 Å². The Labute approximate surface area is 113 Å². The molecule has 0 aliphatic carbocycles. The van der Waals surface area contributed by atoms with Crippen molar-refractivity contribution in [2.24, 2.45) is 0 Å². The highest BCUT2D eigenvalue weighted by molar-refractivity contribution is 5.95. The summed E-state index contributed by atoms with van der Waals surface area (Å²) in [7, 11) is 0. The van der Waals surface area contributed by atoms with Crippen molar-refractivity contribution in [2.75, 3.05) is 5.32 Å². The Bertz CT molecular complexity index is 685. The molecule has 5 nitrogen and oxygen atoms in total. The number of carbonyl (C=O) groups is 2. The predicted molar refractivity (Wildman–Crippen MR) is 70.0 cm³/mol. The number of aromatic carboxylic acids is 2. The quantitative estimate of drug-likeness (QED) is 0.798. The van der Waals surface area contributed by atoms with Crippen LogP contribution >= 0.6 is 0 Å². The maximum Gasteiger partial charge on any atom is 0.338 e. The molecule has 0 aliphatic heterocycles. The fourth-order valence-corrected chi connectivity index (χ4v) is 1.70. The molecule has 0 aliphatic rings. The molecule has 0 radical (unpaired) electrons. The standard InChI is InChI=1S/C14H10FNO4/c15-11-6-5-8(7-10(11)14(19)20)16-12-4-2-1-3-9(12)13(17)18/h1-7,16H,(H,17,18)(H,19,20). The van der Waals surface area contributed by atoms with Crippen LogP contribution in [0.5, 0.6) is 0 Å². The molecule has 2 rings (SSSR count). The first kappa shape index (κ1) is 13.5. The summed E-state index contributed by atoms with van der Waals surface area (Å²) in [5, 5.41) is 20.6. The Morgan fingerprint density at radius 2 is 1.60 bits per heavy atom. The van der Waals surface area contributed by atoms with Crippen LogP contribution in [0.4, 0.5) is 15.8 Å². The van der Waals surface area contributed by atoms with Gasteiger partial charge in [-0.3, -0.25) is 0 Å². The molecule has 0 amide bonds. The molecule has 0 bridgehead atoms. The van der Waals surface area contributed by atoms with Crippen molar-refractivity contribution in [2.45, 2.75) is 0 Å². The molecule has 0 saturated carbocycles. The largest absolute Gasteiger partial charge is 0.478 e. The van der Waals surface area contributed by atoms with Gasteiger partial charge in [0, 0.05) is 5.69 Å². The van der Waals surface area contributed by atoms with Gasteiger partial charge in [0.1, 0.15) is 5.82 Å². The van der Waals surface area contributed by atoms with Gasteiger partial charge in [-0.1, -0.05) is 12.1 Å². The highest BCUT2D eigenvalue weighted by Crippen LogP contribution is 2.22. The molecule has 6 heteroatoms. The number of halogens is 1. The van der Waals surface area contributed by atoms with Gasteiger partial charge < -0.3 is 15.5 Å². The van der Waals surface area contributed by atoms with Crippen LogP contribution < -0.4 is 5.32 Å². The van der Waals surface area contributed by atoms with E-state index in [0.717, 1.165) is 12.1 Å². The first-order valence-electron chi connectivity index (χ1n) is 5.61. The van der Waals surface area contributed by atoms with E-state index in [1.54, 1.807) is 12.1 Å². The van der Waals surface area contributed by atoms with Gasteiger partial charge in [0.2, 0.25) is 0 Å². The molecule has 102 valence electrons. The molecule has 0 unspecified atom stereocenters. The van der Waals surface area contributed by atoms with E-state index in [2.05, 4.69) is 5.32 Å². The number of para-hydroxylation sites is 1. The smallest absolute Gasteiger partial charge is 0.338 e. The first-order chi connectivity index (χ1) is 9.49. The normalized spacial score (nSPS) is 10.1. The average molecular weight is 275 g/mol. The molecule has 3 N–H and O–H groups in total. The van der Waals surface area contributed by atoms with E-state index in [9.17, 15) is 14.0 Å². The molecule has 0 saturated heterocycles. The van der Waals surface area contributed by atoms with Gasteiger partial charge in [0.15, 0.2) is 0 Å². The summed E-state index contributed by atoms with van der Waals surface area (Å²) in [5.41, 5.74) is 0.136. The molecule has 0 aromatic heterocycles. The van der Waals surface area contributed by atoms with E-state index >= 15 is 0 Å². The van der Waals surface area contributed by atoms with Crippen LogP contribution in [0.1, 0.15) is 20.7 Å². The molecular formula is C14H10FNO4. The molecule has 0 spiro atoms. The van der Waals surface area contributed by atoms with Gasteiger partial charge in [-0.05, 0) is 30.3 Å². The van der Waals surface area contributed by atoms with Crippen LogP contribution in [0.3, 0.4) is 0 Å². The third kappa shape index (κ3) is 2.74. The fourth-order valence-electron chi connectivity index (χ4n) is 1.70. The van der Waals surface area contributed by atoms with Crippen molar-refractivity contribution in [3.05, 3.63) is 59.4 Å². The maximum atomic E-state index is 13.3. The van der Waals surface area contributed by atoms with E-state index in [0.29, 0.717) is 5.69 Å². The van der Waals surface area contributed by atoms with Crippen LogP contribution in [-0.2, 0) is 0 Å². The summed E-state index contributed by atoms with van der Waals surface area (Å²) < 4.78 is 13.3. The van der Waals surface area contributed by atoms with Crippen molar-refractivity contribution in [1.82, 2.24) is 0 Å². The van der Waals surface area contributed by atoms with Crippen molar-refractivity contribution < 1.29 is 24.2 Å². The average Bonchev–Trinajstić information content (AvgIpc) is 2.41. The van der Waals surface area contributed by atoms with E-state index < -0.39 is 23.3 Å². The Hall–Kier alpha value is -2.89. The fraction of sp³-hybridized carbons (Fsp3) is 0. The van der Waals surface area contributed by atoms with E-state index in [1.807, 2.05) is 0 Å². The molecule has 0 atom stereocenters. The molecule has 0 heterocycles. The topological polar surface area (TPSA) is 86.6 Å². The summed E-state index contributed by atoms with van der Waals surface area (Å²) in [6.45, 7) is 0. The number of carboxylic acids is 2. The lowest BCUT2D eigenvalue weighted by Gasteiger charge is -2.10. The molecular weight excluding hydrogens is 265 g/mol. The second kappa shape index (κ2) is 5.40. The lowest BCUT2D eigenvalue weighted by atomic mass is 10.1. The second-order valence-electron chi connectivity index (χ2n) is 3.98. The van der Waals surface area contributed by atoms with Crippen LogP contribution in [0.15, 0.2) is 42.5 Å². The first-order valence-corrected chi connectivity index (χ1v) is 5.61. The number of hydrogen-bond donors (Lipinski definition) is 3. The Morgan fingerprint density at radius 3 is 2.25 bits per heavy atom. The van der Waals surface area contributed by atoms with Gasteiger partial charge in [0.05, 0.1) is 16.8 Å². The molecule has 2 aromatic rings. The lowest BCUT2D eigenvalue weighted by molar-refractivity contribution is 0.0683. The number of nitrogens with one attached hydrogen (secondary N) is 1. The van der Waals surface area contributed by atoms with E-state index in [1.165, 1.54) is 18.2 Å². The summed E-state index contributed by atoms with van der Waals surface area (Å²) in [4.78, 5) is 21.9. The third-order valence-electron chi connectivity index (χ3n) is 2.63. The van der Waals surface area contributed by atoms with Gasteiger partial charge >= 0.3 is 11.9 Å². The number of rotatable bonds is 4. The number of hydrogen-bond acceptors (Lipinski definition) is 3. The SMILES string of the molecule is O=C(O)c1cc(Nc2ccccc2C(=O)O)ccc1F. The van der Waals surface area contributed by atoms with Gasteiger partial charge in [-0.2, -0.15) is 0 Å². The monoisotopic (exact) mass is 275 g/mol. The minimum Gasteiger partial charge on any atom is -0.478 e. The second-order valence-corrected chi connectivity index (χ2v) is 3.98. The highest BCUT2D eigenvalue weighted by atomic mass is 19.1.